The van der Waals surface area contributed by atoms with Crippen molar-refractivity contribution in [2.75, 3.05) is 13.1 Å². The number of benzene rings is 1. The number of nitrogens with two attached hydrogens (primary N) is 3. The Labute approximate surface area is 125 Å². The van der Waals surface area contributed by atoms with Gasteiger partial charge in [-0.2, -0.15) is 0 Å². The van der Waals surface area contributed by atoms with Gasteiger partial charge in [-0.15, -0.1) is 0 Å². The molecule has 0 aromatic heterocycles. The standard InChI is InChI=1S/C15H24N4O2/c1-3-12(16)15(11-6-4-5-10(2)7-11)19(8-13(17)20)9-14(18)21/h4-7,12,15H,3,8-9,16H2,1-2H3,(H2,17,20)(H2,18,21). The molecule has 116 valence electrons. The largest absolute Gasteiger partial charge is 0.369 e. The minimum Gasteiger partial charge on any atom is -0.369 e. The van der Waals surface area contributed by atoms with E-state index in [4.69, 9.17) is 17.2 Å². The van der Waals surface area contributed by atoms with Crippen LogP contribution in [0.15, 0.2) is 24.3 Å². The smallest absolute Gasteiger partial charge is 0.231 e. The molecule has 1 rings (SSSR count). The average Bonchev–Trinajstić information content (AvgIpc) is 2.37. The fourth-order valence-electron chi connectivity index (χ4n) is 2.46. The fraction of sp³-hybridized carbons (Fsp3) is 0.467. The molecule has 6 nitrogen and oxygen atoms in total. The molecule has 0 saturated heterocycles. The zero-order valence-corrected chi connectivity index (χ0v) is 12.6. The van der Waals surface area contributed by atoms with Crippen LogP contribution in [0.1, 0.15) is 30.5 Å². The average molecular weight is 292 g/mol. The van der Waals surface area contributed by atoms with E-state index in [0.29, 0.717) is 6.42 Å². The van der Waals surface area contributed by atoms with Gasteiger partial charge in [0.2, 0.25) is 11.8 Å². The molecule has 6 N–H and O–H groups in total. The zero-order chi connectivity index (χ0) is 16.0. The molecule has 0 aliphatic carbocycles. The van der Waals surface area contributed by atoms with Gasteiger partial charge in [-0.3, -0.25) is 14.5 Å². The Kier molecular flexibility index (Phi) is 6.33. The number of nitrogens with zero attached hydrogens (tertiary/aromatic N) is 1. The second kappa shape index (κ2) is 7.75. The molecule has 1 aromatic rings. The number of hydrogen-bond donors (Lipinski definition) is 3. The summed E-state index contributed by atoms with van der Waals surface area (Å²) in [6.07, 6.45) is 0.701. The minimum absolute atomic E-state index is 0.0603. The Hall–Kier alpha value is -1.92. The quantitative estimate of drug-likeness (QED) is 0.627. The summed E-state index contributed by atoms with van der Waals surface area (Å²) in [6, 6.07) is 7.31. The van der Waals surface area contributed by atoms with Crippen molar-refractivity contribution in [2.24, 2.45) is 17.2 Å². The lowest BCUT2D eigenvalue weighted by Gasteiger charge is -2.34. The SMILES string of the molecule is CCC(N)C(c1cccc(C)c1)N(CC(N)=O)CC(N)=O. The molecule has 21 heavy (non-hydrogen) atoms. The minimum atomic E-state index is -0.516. The number of amides is 2. The third-order valence-electron chi connectivity index (χ3n) is 3.37. The predicted octanol–water partition coefficient (Wildman–Crippen LogP) is 0.0460. The van der Waals surface area contributed by atoms with Gasteiger partial charge in [0.1, 0.15) is 0 Å². The van der Waals surface area contributed by atoms with Crippen LogP contribution in [0.3, 0.4) is 0 Å². The molecule has 0 heterocycles. The van der Waals surface area contributed by atoms with Crippen molar-refractivity contribution >= 4 is 11.8 Å². The van der Waals surface area contributed by atoms with Crippen LogP contribution in [-0.4, -0.2) is 35.8 Å². The third kappa shape index (κ3) is 5.17. The summed E-state index contributed by atoms with van der Waals surface area (Å²) in [5.41, 5.74) is 18.8. The van der Waals surface area contributed by atoms with Gasteiger partial charge in [0.25, 0.3) is 0 Å². The molecule has 0 fully saturated rings. The van der Waals surface area contributed by atoms with Crippen molar-refractivity contribution < 1.29 is 9.59 Å². The number of rotatable bonds is 8. The molecule has 1 aromatic carbocycles. The predicted molar refractivity (Wildman–Crippen MR) is 82.1 cm³/mol. The van der Waals surface area contributed by atoms with Crippen molar-refractivity contribution in [3.63, 3.8) is 0 Å². The third-order valence-corrected chi connectivity index (χ3v) is 3.37. The summed E-state index contributed by atoms with van der Waals surface area (Å²) in [5.74, 6) is -1.03. The maximum absolute atomic E-state index is 11.3. The van der Waals surface area contributed by atoms with Crippen molar-refractivity contribution in [1.82, 2.24) is 4.90 Å². The number of carbonyl (C=O) groups excluding carboxylic acids is 2. The van der Waals surface area contributed by atoms with Crippen LogP contribution in [0.4, 0.5) is 0 Å². The number of hydrogen-bond acceptors (Lipinski definition) is 4. The van der Waals surface area contributed by atoms with E-state index in [1.165, 1.54) is 0 Å². The highest BCUT2D eigenvalue weighted by molar-refractivity contribution is 5.79. The maximum Gasteiger partial charge on any atom is 0.231 e. The van der Waals surface area contributed by atoms with Crippen molar-refractivity contribution in [2.45, 2.75) is 32.4 Å². The first kappa shape index (κ1) is 17.1. The first-order valence-corrected chi connectivity index (χ1v) is 6.98. The number of primary amides is 2. The van der Waals surface area contributed by atoms with Gasteiger partial charge in [0, 0.05) is 6.04 Å². The molecule has 2 unspecified atom stereocenters. The van der Waals surface area contributed by atoms with Gasteiger partial charge in [0.05, 0.1) is 19.1 Å². The Morgan fingerprint density at radius 3 is 2.19 bits per heavy atom. The second-order valence-electron chi connectivity index (χ2n) is 5.27. The number of carbonyl (C=O) groups is 2. The fourth-order valence-corrected chi connectivity index (χ4v) is 2.46. The van der Waals surface area contributed by atoms with E-state index in [1.54, 1.807) is 4.90 Å². The molecule has 0 aliphatic rings. The van der Waals surface area contributed by atoms with E-state index in [2.05, 4.69) is 0 Å². The van der Waals surface area contributed by atoms with Gasteiger partial charge in [0.15, 0.2) is 0 Å². The Balaban J connectivity index is 3.18. The van der Waals surface area contributed by atoms with Crippen molar-refractivity contribution in [3.8, 4) is 0 Å². The lowest BCUT2D eigenvalue weighted by Crippen LogP contribution is -2.47. The molecule has 0 spiro atoms. The molecule has 2 atom stereocenters. The lowest BCUT2D eigenvalue weighted by atomic mass is 9.95. The molecular formula is C15H24N4O2. The Morgan fingerprint density at radius 2 is 1.76 bits per heavy atom. The maximum atomic E-state index is 11.3. The van der Waals surface area contributed by atoms with E-state index < -0.39 is 11.8 Å². The molecule has 0 saturated carbocycles. The summed E-state index contributed by atoms with van der Waals surface area (Å²) >= 11 is 0. The topological polar surface area (TPSA) is 115 Å². The van der Waals surface area contributed by atoms with Crippen LogP contribution in [0.2, 0.25) is 0 Å². The molecule has 6 heteroatoms. The first-order valence-electron chi connectivity index (χ1n) is 6.98. The number of aryl methyl sites for hydroxylation is 1. The lowest BCUT2D eigenvalue weighted by molar-refractivity contribution is -0.123. The molecule has 0 radical (unpaired) electrons. The van der Waals surface area contributed by atoms with E-state index in [9.17, 15) is 9.59 Å². The van der Waals surface area contributed by atoms with Crippen LogP contribution in [0.25, 0.3) is 0 Å². The first-order chi connectivity index (χ1) is 9.85. The second-order valence-corrected chi connectivity index (χ2v) is 5.27. The van der Waals surface area contributed by atoms with Gasteiger partial charge >= 0.3 is 0 Å². The molecule has 0 aliphatic heterocycles. The summed E-state index contributed by atoms with van der Waals surface area (Å²) in [6.45, 7) is 3.81. The van der Waals surface area contributed by atoms with Crippen LogP contribution in [0, 0.1) is 6.92 Å². The highest BCUT2D eigenvalue weighted by Crippen LogP contribution is 2.25. The van der Waals surface area contributed by atoms with Crippen molar-refractivity contribution in [3.05, 3.63) is 35.4 Å². The van der Waals surface area contributed by atoms with Crippen LogP contribution >= 0.6 is 0 Å². The van der Waals surface area contributed by atoms with E-state index in [1.807, 2.05) is 38.1 Å². The monoisotopic (exact) mass is 292 g/mol. The Morgan fingerprint density at radius 1 is 1.19 bits per heavy atom. The van der Waals surface area contributed by atoms with E-state index in [-0.39, 0.29) is 25.2 Å². The summed E-state index contributed by atoms with van der Waals surface area (Å²) in [4.78, 5) is 24.2. The van der Waals surface area contributed by atoms with Crippen LogP contribution in [0.5, 0.6) is 0 Å². The Bertz CT molecular complexity index is 488. The molecular weight excluding hydrogens is 268 g/mol. The van der Waals surface area contributed by atoms with Gasteiger partial charge < -0.3 is 17.2 Å². The summed E-state index contributed by atoms with van der Waals surface area (Å²) < 4.78 is 0. The van der Waals surface area contributed by atoms with Crippen LogP contribution in [-0.2, 0) is 9.59 Å². The van der Waals surface area contributed by atoms with Crippen molar-refractivity contribution in [1.29, 1.82) is 0 Å². The van der Waals surface area contributed by atoms with Gasteiger partial charge in [-0.25, -0.2) is 0 Å². The summed E-state index contributed by atoms with van der Waals surface area (Å²) in [5, 5.41) is 0. The summed E-state index contributed by atoms with van der Waals surface area (Å²) in [7, 11) is 0. The highest BCUT2D eigenvalue weighted by Gasteiger charge is 2.28. The molecule has 0 bridgehead atoms. The van der Waals surface area contributed by atoms with E-state index >= 15 is 0 Å². The zero-order valence-electron chi connectivity index (χ0n) is 12.6. The highest BCUT2D eigenvalue weighted by atomic mass is 16.2. The normalized spacial score (nSPS) is 13.9. The van der Waals surface area contributed by atoms with Crippen LogP contribution < -0.4 is 17.2 Å². The van der Waals surface area contributed by atoms with E-state index in [0.717, 1.165) is 11.1 Å². The van der Waals surface area contributed by atoms with Gasteiger partial charge in [-0.05, 0) is 18.9 Å². The van der Waals surface area contributed by atoms with Gasteiger partial charge in [-0.1, -0.05) is 36.8 Å². The molecule has 2 amide bonds.